The number of aromatic nitrogens is 3. The Balaban J connectivity index is 1.09. The second-order valence-electron chi connectivity index (χ2n) is 15.6. The Morgan fingerprint density at radius 1 is 0.471 bits per heavy atom. The first-order valence-electron chi connectivity index (χ1n) is 18.6. The average Bonchev–Trinajstić information content (AvgIpc) is 3.69. The molecule has 0 N–H and O–H groups in total. The van der Waals surface area contributed by atoms with Gasteiger partial charge in [0.05, 0.1) is 0 Å². The van der Waals surface area contributed by atoms with Gasteiger partial charge in [0.25, 0.3) is 0 Å². The molecule has 2 heterocycles. The molecule has 2 aromatic heterocycles. The molecule has 0 aliphatic heterocycles. The topological polar surface area (TPSA) is 38.7 Å². The highest BCUT2D eigenvalue weighted by atomic mass is 32.1. The summed E-state index contributed by atoms with van der Waals surface area (Å²) in [7, 11) is 0. The quantitative estimate of drug-likeness (QED) is 0.187. The molecule has 13 rings (SSSR count). The summed E-state index contributed by atoms with van der Waals surface area (Å²) in [5, 5.41) is 5.23. The molecule has 5 aliphatic rings. The largest absolute Gasteiger partial charge is 0.208 e. The van der Waals surface area contributed by atoms with E-state index in [-0.39, 0.29) is 5.41 Å². The molecule has 4 fully saturated rings. The van der Waals surface area contributed by atoms with Gasteiger partial charge in [-0.15, -0.1) is 11.3 Å². The molecule has 0 radical (unpaired) electrons. The van der Waals surface area contributed by atoms with Crippen LogP contribution in [0.25, 0.3) is 76.2 Å². The lowest BCUT2D eigenvalue weighted by Gasteiger charge is -2.61. The summed E-state index contributed by atoms with van der Waals surface area (Å²) in [5.74, 6) is 5.35. The number of rotatable bonds is 3. The molecule has 0 saturated heterocycles. The fraction of sp³-hybridized carbons (Fsp3) is 0.213. The van der Waals surface area contributed by atoms with E-state index in [0.717, 1.165) is 40.2 Å². The van der Waals surface area contributed by atoms with Gasteiger partial charge in [0.1, 0.15) is 0 Å². The summed E-state index contributed by atoms with van der Waals surface area (Å²) < 4.78 is 2.50. The third kappa shape index (κ3) is 3.97. The first-order valence-corrected chi connectivity index (χ1v) is 19.4. The van der Waals surface area contributed by atoms with E-state index in [1.165, 1.54) is 79.7 Å². The Morgan fingerprint density at radius 2 is 1.12 bits per heavy atom. The Kier molecular flexibility index (Phi) is 5.83. The van der Waals surface area contributed by atoms with E-state index in [4.69, 9.17) is 15.0 Å². The molecule has 4 bridgehead atoms. The van der Waals surface area contributed by atoms with E-state index >= 15 is 0 Å². The summed E-state index contributed by atoms with van der Waals surface area (Å²) in [4.78, 5) is 15.8. The van der Waals surface area contributed by atoms with Crippen LogP contribution in [0.15, 0.2) is 127 Å². The molecule has 51 heavy (non-hydrogen) atoms. The van der Waals surface area contributed by atoms with Gasteiger partial charge in [-0.2, -0.15) is 0 Å². The summed E-state index contributed by atoms with van der Waals surface area (Å²) in [6.45, 7) is 0. The van der Waals surface area contributed by atoms with Crippen LogP contribution in [0.1, 0.15) is 43.2 Å². The van der Waals surface area contributed by atoms with Gasteiger partial charge in [0.15, 0.2) is 17.5 Å². The third-order valence-electron chi connectivity index (χ3n) is 13.1. The van der Waals surface area contributed by atoms with Crippen molar-refractivity contribution in [3.05, 3.63) is 139 Å². The normalized spacial score (nSPS) is 24.2. The average molecular weight is 674 g/mol. The zero-order valence-corrected chi connectivity index (χ0v) is 29.0. The Bertz CT molecular complexity index is 2700. The molecule has 0 amide bonds. The molecule has 244 valence electrons. The van der Waals surface area contributed by atoms with Crippen LogP contribution >= 0.6 is 11.3 Å². The molecule has 8 aromatic rings. The maximum Gasteiger partial charge on any atom is 0.165 e. The maximum atomic E-state index is 5.35. The highest BCUT2D eigenvalue weighted by Gasteiger charge is 2.61. The van der Waals surface area contributed by atoms with Crippen molar-refractivity contribution >= 4 is 42.3 Å². The molecule has 0 unspecified atom stereocenters. The van der Waals surface area contributed by atoms with Crippen LogP contribution in [0, 0.1) is 23.7 Å². The number of thiophene rings is 1. The van der Waals surface area contributed by atoms with Crippen molar-refractivity contribution in [3.8, 4) is 45.3 Å². The standard InChI is InChI=1S/C47H35N3S/c1-2-9-29(10-3-1)44-48-45(50-46(49-44)38-15-8-14-37-36-13-6-7-16-42(36)51-43(37)38)32-17-18-35-39-24-30-11-4-5-12-31(30)25-41(39)47(40(35)26-32)33-20-27-19-28(22-33)23-34(47)21-27/h1-18,24-28,33-34H,19-23H2. The number of nitrogens with zero attached hydrogens (tertiary/aromatic N) is 3. The number of hydrogen-bond donors (Lipinski definition) is 0. The molecule has 5 aliphatic carbocycles. The Hall–Kier alpha value is -5.19. The highest BCUT2D eigenvalue weighted by molar-refractivity contribution is 7.26. The van der Waals surface area contributed by atoms with Gasteiger partial charge >= 0.3 is 0 Å². The van der Waals surface area contributed by atoms with Crippen molar-refractivity contribution in [2.45, 2.75) is 37.5 Å². The lowest BCUT2D eigenvalue weighted by Crippen LogP contribution is -2.55. The van der Waals surface area contributed by atoms with Crippen molar-refractivity contribution in [1.82, 2.24) is 15.0 Å². The number of fused-ring (bicyclic) bond motifs is 7. The zero-order chi connectivity index (χ0) is 33.3. The Morgan fingerprint density at radius 3 is 1.92 bits per heavy atom. The molecular weight excluding hydrogens is 639 g/mol. The minimum atomic E-state index is 0.0545. The summed E-state index contributed by atoms with van der Waals surface area (Å²) in [6.07, 6.45) is 6.88. The summed E-state index contributed by atoms with van der Waals surface area (Å²) in [6, 6.07) is 46.8. The maximum absolute atomic E-state index is 5.35. The van der Waals surface area contributed by atoms with Crippen LogP contribution in [0.3, 0.4) is 0 Å². The van der Waals surface area contributed by atoms with Crippen LogP contribution in [0.5, 0.6) is 0 Å². The Labute approximate surface area is 301 Å². The number of benzene rings is 6. The first kappa shape index (κ1) is 28.5. The van der Waals surface area contributed by atoms with Crippen molar-refractivity contribution < 1.29 is 0 Å². The molecule has 0 atom stereocenters. The van der Waals surface area contributed by atoms with Crippen molar-refractivity contribution in [1.29, 1.82) is 0 Å². The monoisotopic (exact) mass is 673 g/mol. The summed E-state index contributed by atoms with van der Waals surface area (Å²) in [5.41, 5.74) is 9.17. The van der Waals surface area contributed by atoms with Crippen molar-refractivity contribution in [2.75, 3.05) is 0 Å². The van der Waals surface area contributed by atoms with E-state index in [2.05, 4.69) is 127 Å². The molecule has 1 spiro atoms. The van der Waals surface area contributed by atoms with Crippen LogP contribution in [-0.2, 0) is 5.41 Å². The smallest absolute Gasteiger partial charge is 0.165 e. The molecule has 4 saturated carbocycles. The van der Waals surface area contributed by atoms with Gasteiger partial charge in [-0.1, -0.05) is 97.1 Å². The highest BCUT2D eigenvalue weighted by Crippen LogP contribution is 2.69. The molecular formula is C47H35N3S. The van der Waals surface area contributed by atoms with E-state index in [9.17, 15) is 0 Å². The van der Waals surface area contributed by atoms with Crippen LogP contribution < -0.4 is 0 Å². The van der Waals surface area contributed by atoms with E-state index in [1.54, 1.807) is 5.56 Å². The minimum absolute atomic E-state index is 0.0545. The first-order chi connectivity index (χ1) is 25.2. The predicted molar refractivity (Wildman–Crippen MR) is 210 cm³/mol. The van der Waals surface area contributed by atoms with Crippen LogP contribution in [0.2, 0.25) is 0 Å². The van der Waals surface area contributed by atoms with E-state index < -0.39 is 0 Å². The van der Waals surface area contributed by atoms with Gasteiger partial charge in [0, 0.05) is 42.3 Å². The molecule has 6 aromatic carbocycles. The lowest BCUT2D eigenvalue weighted by atomic mass is 9.43. The minimum Gasteiger partial charge on any atom is -0.208 e. The van der Waals surface area contributed by atoms with Gasteiger partial charge in [-0.3, -0.25) is 0 Å². The number of hydrogen-bond acceptors (Lipinski definition) is 4. The fourth-order valence-electron chi connectivity index (χ4n) is 11.3. The van der Waals surface area contributed by atoms with Crippen molar-refractivity contribution in [2.24, 2.45) is 23.7 Å². The second kappa shape index (κ2) is 10.4. The molecule has 3 nitrogen and oxygen atoms in total. The lowest BCUT2D eigenvalue weighted by molar-refractivity contribution is -0.0398. The van der Waals surface area contributed by atoms with Gasteiger partial charge in [-0.25, -0.2) is 15.0 Å². The third-order valence-corrected chi connectivity index (χ3v) is 14.3. The fourth-order valence-corrected chi connectivity index (χ4v) is 12.5. The van der Waals surface area contributed by atoms with Crippen LogP contribution in [-0.4, -0.2) is 15.0 Å². The van der Waals surface area contributed by atoms with Gasteiger partial charge < -0.3 is 0 Å². The zero-order valence-electron chi connectivity index (χ0n) is 28.2. The van der Waals surface area contributed by atoms with E-state index in [1.807, 2.05) is 11.3 Å². The molecule has 4 heteroatoms. The van der Waals surface area contributed by atoms with Gasteiger partial charge in [-0.05, 0) is 119 Å². The predicted octanol–water partition coefficient (Wildman–Crippen LogP) is 12.1. The van der Waals surface area contributed by atoms with Crippen molar-refractivity contribution in [3.63, 3.8) is 0 Å². The summed E-state index contributed by atoms with van der Waals surface area (Å²) >= 11 is 1.82. The second-order valence-corrected chi connectivity index (χ2v) is 16.7. The van der Waals surface area contributed by atoms with Crippen LogP contribution in [0.4, 0.5) is 0 Å². The SMILES string of the molecule is c1ccc(-c2nc(-c3ccc4c(c3)C3(c5cc6ccccc6cc5-4)C4CC5CC(C4)CC3C5)nc(-c3cccc4c3sc3ccccc34)n2)cc1. The van der Waals surface area contributed by atoms with E-state index in [0.29, 0.717) is 17.7 Å². The van der Waals surface area contributed by atoms with Gasteiger partial charge in [0.2, 0.25) is 0 Å².